The molecule has 4 heteroatoms. The summed E-state index contributed by atoms with van der Waals surface area (Å²) in [5.74, 6) is 1.87. The van der Waals surface area contributed by atoms with Crippen molar-refractivity contribution < 1.29 is 9.59 Å². The van der Waals surface area contributed by atoms with Gasteiger partial charge in [-0.1, -0.05) is 41.5 Å². The van der Waals surface area contributed by atoms with Gasteiger partial charge in [0.15, 0.2) is 0 Å². The summed E-state index contributed by atoms with van der Waals surface area (Å²) in [4.78, 5) is 24.5. The van der Waals surface area contributed by atoms with Crippen molar-refractivity contribution in [3.8, 4) is 0 Å². The summed E-state index contributed by atoms with van der Waals surface area (Å²) in [5, 5.41) is 6.44. The molecule has 0 unspecified atom stereocenters. The fourth-order valence-corrected chi connectivity index (χ4v) is 5.38. The SMILES string of the molecule is CC(C)(C)C1CCC(NC(=O)CCCCC(=O)NC2CCC(C(C)(C)C)CC2)CC1. The fraction of sp³-hybridized carbons (Fsp3) is 0.923. The normalized spacial score (nSPS) is 28.1. The van der Waals surface area contributed by atoms with Gasteiger partial charge in [0.25, 0.3) is 0 Å². The van der Waals surface area contributed by atoms with Crippen molar-refractivity contribution in [3.63, 3.8) is 0 Å². The summed E-state index contributed by atoms with van der Waals surface area (Å²) in [6.07, 6.45) is 12.0. The predicted octanol–water partition coefficient (Wildman–Crippen LogP) is 5.99. The summed E-state index contributed by atoms with van der Waals surface area (Å²) in [6.45, 7) is 13.9. The highest BCUT2D eigenvalue weighted by molar-refractivity contribution is 5.77. The second-order valence-electron chi connectivity index (χ2n) is 12.2. The molecule has 0 saturated heterocycles. The highest BCUT2D eigenvalue weighted by Gasteiger charge is 2.31. The molecule has 0 aliphatic heterocycles. The van der Waals surface area contributed by atoms with E-state index in [-0.39, 0.29) is 11.8 Å². The van der Waals surface area contributed by atoms with Crippen LogP contribution < -0.4 is 10.6 Å². The molecule has 0 radical (unpaired) electrons. The fourth-order valence-electron chi connectivity index (χ4n) is 5.38. The Labute approximate surface area is 185 Å². The van der Waals surface area contributed by atoms with E-state index in [2.05, 4.69) is 52.2 Å². The van der Waals surface area contributed by atoms with Crippen LogP contribution in [0.25, 0.3) is 0 Å². The summed E-state index contributed by atoms with van der Waals surface area (Å²) in [7, 11) is 0. The van der Waals surface area contributed by atoms with Gasteiger partial charge in [-0.15, -0.1) is 0 Å². The lowest BCUT2D eigenvalue weighted by Gasteiger charge is -2.37. The van der Waals surface area contributed by atoms with Gasteiger partial charge in [0.05, 0.1) is 0 Å². The van der Waals surface area contributed by atoms with E-state index in [9.17, 15) is 9.59 Å². The average molecular weight is 421 g/mol. The summed E-state index contributed by atoms with van der Waals surface area (Å²) >= 11 is 0. The number of hydrogen-bond donors (Lipinski definition) is 2. The van der Waals surface area contributed by atoms with Crippen LogP contribution in [-0.2, 0) is 9.59 Å². The zero-order chi connectivity index (χ0) is 22.4. The lowest BCUT2D eigenvalue weighted by molar-refractivity contribution is -0.124. The number of hydrogen-bond acceptors (Lipinski definition) is 2. The zero-order valence-electron chi connectivity index (χ0n) is 20.6. The molecule has 0 aromatic heterocycles. The van der Waals surface area contributed by atoms with Crippen LogP contribution in [0, 0.1) is 22.7 Å². The van der Waals surface area contributed by atoms with E-state index in [0.717, 1.165) is 50.4 Å². The molecule has 0 aromatic carbocycles. The van der Waals surface area contributed by atoms with Crippen LogP contribution in [0.4, 0.5) is 0 Å². The largest absolute Gasteiger partial charge is 0.353 e. The van der Waals surface area contributed by atoms with Crippen LogP contribution in [0.5, 0.6) is 0 Å². The van der Waals surface area contributed by atoms with Crippen LogP contribution in [-0.4, -0.2) is 23.9 Å². The Morgan fingerprint density at radius 1 is 0.600 bits per heavy atom. The average Bonchev–Trinajstić information content (AvgIpc) is 2.65. The molecule has 0 heterocycles. The summed E-state index contributed by atoms with van der Waals surface area (Å²) in [5.41, 5.74) is 0.753. The smallest absolute Gasteiger partial charge is 0.220 e. The zero-order valence-corrected chi connectivity index (χ0v) is 20.6. The number of unbranched alkanes of at least 4 members (excludes halogenated alkanes) is 1. The first-order chi connectivity index (χ1) is 13.9. The minimum atomic E-state index is 0.162. The Morgan fingerprint density at radius 3 is 1.17 bits per heavy atom. The monoisotopic (exact) mass is 420 g/mol. The minimum Gasteiger partial charge on any atom is -0.353 e. The lowest BCUT2D eigenvalue weighted by atomic mass is 9.71. The molecule has 2 saturated carbocycles. The Kier molecular flexibility index (Phi) is 9.24. The molecule has 30 heavy (non-hydrogen) atoms. The molecule has 2 N–H and O–H groups in total. The number of carbonyl (C=O) groups excluding carboxylic acids is 2. The first-order valence-electron chi connectivity index (χ1n) is 12.5. The highest BCUT2D eigenvalue weighted by atomic mass is 16.2. The van der Waals surface area contributed by atoms with Gasteiger partial charge in [-0.05, 0) is 86.9 Å². The number of carbonyl (C=O) groups is 2. The van der Waals surface area contributed by atoms with Gasteiger partial charge in [-0.3, -0.25) is 9.59 Å². The number of nitrogens with one attached hydrogen (secondary N) is 2. The Hall–Kier alpha value is -1.06. The van der Waals surface area contributed by atoms with Gasteiger partial charge in [0.2, 0.25) is 11.8 Å². The van der Waals surface area contributed by atoms with Gasteiger partial charge in [0, 0.05) is 24.9 Å². The Bertz CT molecular complexity index is 492. The third-order valence-electron chi connectivity index (χ3n) is 7.69. The minimum absolute atomic E-state index is 0.162. The molecular weight excluding hydrogens is 372 g/mol. The van der Waals surface area contributed by atoms with Crippen LogP contribution >= 0.6 is 0 Å². The predicted molar refractivity (Wildman–Crippen MR) is 125 cm³/mol. The molecule has 0 aromatic rings. The molecule has 0 atom stereocenters. The molecule has 0 bridgehead atoms. The van der Waals surface area contributed by atoms with E-state index in [4.69, 9.17) is 0 Å². The van der Waals surface area contributed by atoms with Crippen molar-refractivity contribution in [3.05, 3.63) is 0 Å². The van der Waals surface area contributed by atoms with Crippen molar-refractivity contribution in [2.75, 3.05) is 0 Å². The van der Waals surface area contributed by atoms with E-state index >= 15 is 0 Å². The van der Waals surface area contributed by atoms with Crippen molar-refractivity contribution in [1.29, 1.82) is 0 Å². The standard InChI is InChI=1S/C26H48N2O2/c1-25(2,3)19-11-15-21(16-12-19)27-23(29)9-7-8-10-24(30)28-22-17-13-20(14-18-22)26(4,5)6/h19-22H,7-18H2,1-6H3,(H,27,29)(H,28,30). The molecule has 2 fully saturated rings. The Balaban J connectivity index is 1.53. The van der Waals surface area contributed by atoms with E-state index < -0.39 is 0 Å². The van der Waals surface area contributed by atoms with Gasteiger partial charge in [0.1, 0.15) is 0 Å². The maximum absolute atomic E-state index is 12.3. The van der Waals surface area contributed by atoms with Crippen molar-refractivity contribution in [1.82, 2.24) is 10.6 Å². The lowest BCUT2D eigenvalue weighted by Crippen LogP contribution is -2.39. The second-order valence-corrected chi connectivity index (χ2v) is 12.2. The van der Waals surface area contributed by atoms with Crippen LogP contribution in [0.1, 0.15) is 119 Å². The van der Waals surface area contributed by atoms with Gasteiger partial charge in [-0.25, -0.2) is 0 Å². The first kappa shape index (κ1) is 25.2. The second kappa shape index (κ2) is 11.0. The summed E-state index contributed by atoms with van der Waals surface area (Å²) in [6, 6.07) is 0.699. The van der Waals surface area contributed by atoms with Gasteiger partial charge < -0.3 is 10.6 Å². The Morgan fingerprint density at radius 2 is 0.900 bits per heavy atom. The van der Waals surface area contributed by atoms with Gasteiger partial charge in [-0.2, -0.15) is 0 Å². The first-order valence-corrected chi connectivity index (χ1v) is 12.5. The molecule has 2 aliphatic carbocycles. The molecule has 174 valence electrons. The molecule has 2 aliphatic rings. The van der Waals surface area contributed by atoms with E-state index in [0.29, 0.717) is 35.8 Å². The molecule has 0 spiro atoms. The molecule has 2 rings (SSSR count). The quantitative estimate of drug-likeness (QED) is 0.497. The molecule has 2 amide bonds. The number of rotatable bonds is 7. The molecular formula is C26H48N2O2. The number of amides is 2. The van der Waals surface area contributed by atoms with E-state index in [1.807, 2.05) is 0 Å². The van der Waals surface area contributed by atoms with Crippen LogP contribution in [0.2, 0.25) is 0 Å². The maximum atomic E-state index is 12.3. The van der Waals surface area contributed by atoms with Gasteiger partial charge >= 0.3 is 0 Å². The molecule has 4 nitrogen and oxygen atoms in total. The van der Waals surface area contributed by atoms with Crippen LogP contribution in [0.15, 0.2) is 0 Å². The van der Waals surface area contributed by atoms with Crippen LogP contribution in [0.3, 0.4) is 0 Å². The van der Waals surface area contributed by atoms with E-state index in [1.165, 1.54) is 25.7 Å². The van der Waals surface area contributed by atoms with Crippen molar-refractivity contribution in [2.24, 2.45) is 22.7 Å². The summed E-state index contributed by atoms with van der Waals surface area (Å²) < 4.78 is 0. The highest BCUT2D eigenvalue weighted by Crippen LogP contribution is 2.38. The van der Waals surface area contributed by atoms with Crippen molar-refractivity contribution >= 4 is 11.8 Å². The third-order valence-corrected chi connectivity index (χ3v) is 7.69. The maximum Gasteiger partial charge on any atom is 0.220 e. The van der Waals surface area contributed by atoms with E-state index in [1.54, 1.807) is 0 Å². The third kappa shape index (κ3) is 8.59. The topological polar surface area (TPSA) is 58.2 Å². The van der Waals surface area contributed by atoms with Crippen molar-refractivity contribution in [2.45, 2.75) is 131 Å².